The van der Waals surface area contributed by atoms with Crippen molar-refractivity contribution in [1.29, 1.82) is 0 Å². The molecule has 1 aromatic heterocycles. The van der Waals surface area contributed by atoms with Gasteiger partial charge in [-0.25, -0.2) is 15.0 Å². The topological polar surface area (TPSA) is 41.9 Å². The standard InChI is InChI=1S/C45H30N4/c1-4-15-31(16-5-1)43-46-44(32-17-6-2-7-18-32)48-45(47-43)35-20-14-19-33(29-35)34-27-28-37-38-23-10-12-25-41(38)49(36-21-8-3-9-22-36)42-26-13-11-24-39(42)40(37)30-34/h1-30H. The molecule has 1 aliphatic rings. The summed E-state index contributed by atoms with van der Waals surface area (Å²) in [5.74, 6) is 1.94. The molecular formula is C45H30N4. The summed E-state index contributed by atoms with van der Waals surface area (Å²) in [4.78, 5) is 17.2. The summed E-state index contributed by atoms with van der Waals surface area (Å²) in [6, 6.07) is 63.5. The van der Waals surface area contributed by atoms with Crippen LogP contribution < -0.4 is 4.90 Å². The second-order valence-corrected chi connectivity index (χ2v) is 12.1. The number of fused-ring (bicyclic) bond motifs is 5. The molecule has 7 aromatic carbocycles. The molecule has 0 unspecified atom stereocenters. The number of hydrogen-bond acceptors (Lipinski definition) is 4. The Kier molecular flexibility index (Phi) is 7.10. The van der Waals surface area contributed by atoms with Crippen molar-refractivity contribution in [3.63, 3.8) is 0 Å². The van der Waals surface area contributed by atoms with Gasteiger partial charge in [-0.3, -0.25) is 0 Å². The van der Waals surface area contributed by atoms with Gasteiger partial charge in [0.15, 0.2) is 17.5 Å². The minimum Gasteiger partial charge on any atom is -0.309 e. The van der Waals surface area contributed by atoms with Crippen LogP contribution in [0.2, 0.25) is 0 Å². The van der Waals surface area contributed by atoms with Crippen LogP contribution in [0, 0.1) is 0 Å². The summed E-state index contributed by atoms with van der Waals surface area (Å²) < 4.78 is 0. The van der Waals surface area contributed by atoms with Gasteiger partial charge in [0.2, 0.25) is 0 Å². The van der Waals surface area contributed by atoms with Gasteiger partial charge in [0, 0.05) is 33.5 Å². The summed E-state index contributed by atoms with van der Waals surface area (Å²) in [5, 5.41) is 0. The number of aromatic nitrogens is 3. The van der Waals surface area contributed by atoms with Gasteiger partial charge >= 0.3 is 0 Å². The lowest BCUT2D eigenvalue weighted by Gasteiger charge is -2.27. The van der Waals surface area contributed by atoms with E-state index in [0.717, 1.165) is 44.9 Å². The molecule has 4 nitrogen and oxygen atoms in total. The third-order valence-corrected chi connectivity index (χ3v) is 9.06. The van der Waals surface area contributed by atoms with Gasteiger partial charge < -0.3 is 4.90 Å². The summed E-state index contributed by atoms with van der Waals surface area (Å²) >= 11 is 0. The van der Waals surface area contributed by atoms with E-state index < -0.39 is 0 Å². The van der Waals surface area contributed by atoms with Gasteiger partial charge in [-0.15, -0.1) is 0 Å². The van der Waals surface area contributed by atoms with Gasteiger partial charge in [-0.1, -0.05) is 146 Å². The van der Waals surface area contributed by atoms with E-state index in [4.69, 9.17) is 15.0 Å². The van der Waals surface area contributed by atoms with Crippen molar-refractivity contribution >= 4 is 17.1 Å². The maximum absolute atomic E-state index is 4.98. The Bertz CT molecular complexity index is 2380. The molecule has 9 rings (SSSR count). The van der Waals surface area contributed by atoms with Crippen molar-refractivity contribution in [1.82, 2.24) is 15.0 Å². The molecule has 230 valence electrons. The van der Waals surface area contributed by atoms with Crippen molar-refractivity contribution < 1.29 is 0 Å². The van der Waals surface area contributed by atoms with E-state index in [1.54, 1.807) is 0 Å². The van der Waals surface area contributed by atoms with Gasteiger partial charge in [0.05, 0.1) is 11.4 Å². The highest BCUT2D eigenvalue weighted by Crippen LogP contribution is 2.51. The van der Waals surface area contributed by atoms with Crippen molar-refractivity contribution in [2.24, 2.45) is 0 Å². The first-order valence-electron chi connectivity index (χ1n) is 16.5. The second-order valence-electron chi connectivity index (χ2n) is 12.1. The number of hydrogen-bond donors (Lipinski definition) is 0. The van der Waals surface area contributed by atoms with Crippen LogP contribution in [0.1, 0.15) is 0 Å². The maximum Gasteiger partial charge on any atom is 0.164 e. The second kappa shape index (κ2) is 12.2. The largest absolute Gasteiger partial charge is 0.309 e. The Hall–Kier alpha value is -6.65. The van der Waals surface area contributed by atoms with Crippen LogP contribution in [0.4, 0.5) is 17.1 Å². The Morgan fingerprint density at radius 3 is 1.35 bits per heavy atom. The van der Waals surface area contributed by atoms with Crippen LogP contribution in [-0.4, -0.2) is 15.0 Å². The molecule has 1 aliphatic heterocycles. The van der Waals surface area contributed by atoms with Crippen molar-refractivity contribution in [2.75, 3.05) is 4.90 Å². The van der Waals surface area contributed by atoms with Crippen LogP contribution >= 0.6 is 0 Å². The molecule has 0 saturated heterocycles. The minimum atomic E-state index is 0.641. The van der Waals surface area contributed by atoms with E-state index >= 15 is 0 Å². The predicted octanol–water partition coefficient (Wildman–Crippen LogP) is 11.7. The average Bonchev–Trinajstić information content (AvgIpc) is 3.31. The zero-order valence-electron chi connectivity index (χ0n) is 26.6. The highest BCUT2D eigenvalue weighted by molar-refractivity contribution is 6.03. The van der Waals surface area contributed by atoms with Crippen LogP contribution in [0.15, 0.2) is 182 Å². The normalized spacial score (nSPS) is 11.6. The molecule has 8 aromatic rings. The van der Waals surface area contributed by atoms with Gasteiger partial charge in [0.25, 0.3) is 0 Å². The Morgan fingerprint density at radius 2 is 0.735 bits per heavy atom. The lowest BCUT2D eigenvalue weighted by molar-refractivity contribution is 1.07. The van der Waals surface area contributed by atoms with E-state index in [0.29, 0.717) is 17.5 Å². The molecule has 0 aliphatic carbocycles. The van der Waals surface area contributed by atoms with Crippen LogP contribution in [0.3, 0.4) is 0 Å². The Balaban J connectivity index is 1.19. The smallest absolute Gasteiger partial charge is 0.164 e. The van der Waals surface area contributed by atoms with Crippen LogP contribution in [0.25, 0.3) is 67.5 Å². The Labute approximate surface area is 285 Å². The fourth-order valence-electron chi connectivity index (χ4n) is 6.73. The zero-order chi connectivity index (χ0) is 32.6. The number of benzene rings is 7. The highest BCUT2D eigenvalue weighted by atomic mass is 15.1. The maximum atomic E-state index is 4.98. The van der Waals surface area contributed by atoms with Crippen molar-refractivity contribution in [3.05, 3.63) is 182 Å². The van der Waals surface area contributed by atoms with E-state index in [9.17, 15) is 0 Å². The molecule has 49 heavy (non-hydrogen) atoms. The van der Waals surface area contributed by atoms with E-state index in [-0.39, 0.29) is 0 Å². The molecule has 0 N–H and O–H groups in total. The monoisotopic (exact) mass is 626 g/mol. The van der Waals surface area contributed by atoms with E-state index in [1.165, 1.54) is 22.3 Å². The summed E-state index contributed by atoms with van der Waals surface area (Å²) in [6.45, 7) is 0. The van der Waals surface area contributed by atoms with Crippen molar-refractivity contribution in [2.45, 2.75) is 0 Å². The third-order valence-electron chi connectivity index (χ3n) is 9.06. The molecule has 0 radical (unpaired) electrons. The third kappa shape index (κ3) is 5.26. The van der Waals surface area contributed by atoms with Gasteiger partial charge in [0.1, 0.15) is 0 Å². The van der Waals surface area contributed by atoms with Gasteiger partial charge in [-0.2, -0.15) is 0 Å². The quantitative estimate of drug-likeness (QED) is 0.191. The molecule has 4 heteroatoms. The average molecular weight is 627 g/mol. The first-order valence-corrected chi connectivity index (χ1v) is 16.5. The molecule has 0 atom stereocenters. The first kappa shape index (κ1) is 28.6. The molecule has 0 fully saturated rings. The van der Waals surface area contributed by atoms with Crippen molar-refractivity contribution in [3.8, 4) is 67.5 Å². The predicted molar refractivity (Wildman–Crippen MR) is 201 cm³/mol. The molecule has 0 amide bonds. The zero-order valence-corrected chi connectivity index (χ0v) is 26.6. The summed E-state index contributed by atoms with van der Waals surface area (Å²) in [7, 11) is 0. The molecule has 0 bridgehead atoms. The fourth-order valence-corrected chi connectivity index (χ4v) is 6.73. The van der Waals surface area contributed by atoms with Crippen LogP contribution in [-0.2, 0) is 0 Å². The van der Waals surface area contributed by atoms with E-state index in [2.05, 4.69) is 126 Å². The van der Waals surface area contributed by atoms with Gasteiger partial charge in [-0.05, 0) is 58.7 Å². The number of rotatable bonds is 5. The lowest BCUT2D eigenvalue weighted by atomic mass is 9.91. The minimum absolute atomic E-state index is 0.641. The summed E-state index contributed by atoms with van der Waals surface area (Å²) in [6.07, 6.45) is 0. The molecule has 0 spiro atoms. The molecular weight excluding hydrogens is 597 g/mol. The van der Waals surface area contributed by atoms with E-state index in [1.807, 2.05) is 60.7 Å². The fraction of sp³-hybridized carbons (Fsp3) is 0. The Morgan fingerprint density at radius 1 is 0.286 bits per heavy atom. The number of para-hydroxylation sites is 3. The summed E-state index contributed by atoms with van der Waals surface area (Å²) in [5.41, 5.74) is 13.3. The molecule has 2 heterocycles. The lowest BCUT2D eigenvalue weighted by Crippen LogP contribution is -2.10. The molecule has 0 saturated carbocycles. The first-order chi connectivity index (χ1) is 24.3. The van der Waals surface area contributed by atoms with Crippen LogP contribution in [0.5, 0.6) is 0 Å². The number of anilines is 3. The highest BCUT2D eigenvalue weighted by Gasteiger charge is 2.26. The number of nitrogens with zero attached hydrogens (tertiary/aromatic N) is 4. The SMILES string of the molecule is c1ccc(-c2nc(-c3ccccc3)nc(-c3cccc(-c4ccc5c(c4)-c4ccccc4N(c4ccccc4)c4ccccc4-5)c3)n2)cc1.